The van der Waals surface area contributed by atoms with Crippen molar-refractivity contribution in [3.8, 4) is 0 Å². The Morgan fingerprint density at radius 2 is 2.05 bits per heavy atom. The van der Waals surface area contributed by atoms with E-state index in [1.165, 1.54) is 25.0 Å². The first-order chi connectivity index (χ1) is 9.08. The maximum absolute atomic E-state index is 12.7. The van der Waals surface area contributed by atoms with Crippen LogP contribution in [0.2, 0.25) is 0 Å². The van der Waals surface area contributed by atoms with Crippen LogP contribution in [0.25, 0.3) is 0 Å². The molecule has 0 heterocycles. The van der Waals surface area contributed by atoms with Gasteiger partial charge in [-0.15, -0.1) is 0 Å². The number of carbonyl (C=O) groups excluding carboxylic acids is 1. The fourth-order valence-electron chi connectivity index (χ4n) is 2.17. The van der Waals surface area contributed by atoms with E-state index in [1.54, 1.807) is 17.0 Å². The van der Waals surface area contributed by atoms with Crippen LogP contribution in [0.15, 0.2) is 24.3 Å². The number of benzene rings is 1. The molecular weight excluding hydrogens is 243 g/mol. The van der Waals surface area contributed by atoms with Crippen LogP contribution < -0.4 is 5.32 Å². The first-order valence-electron chi connectivity index (χ1n) is 6.83. The van der Waals surface area contributed by atoms with Crippen molar-refractivity contribution < 1.29 is 9.18 Å². The lowest BCUT2D eigenvalue weighted by Crippen LogP contribution is -2.43. The molecule has 1 atom stereocenters. The molecule has 1 aliphatic carbocycles. The second-order valence-corrected chi connectivity index (χ2v) is 5.30. The van der Waals surface area contributed by atoms with Crippen LogP contribution in [-0.4, -0.2) is 30.6 Å². The SMILES string of the molecule is CC(C1CC1)N(C)C(=O)NCCc1ccc(F)cc1. The highest BCUT2D eigenvalue weighted by molar-refractivity contribution is 5.74. The largest absolute Gasteiger partial charge is 0.338 e. The summed E-state index contributed by atoms with van der Waals surface area (Å²) in [6.45, 7) is 2.67. The molecule has 3 nitrogen and oxygen atoms in total. The molecule has 2 amide bonds. The quantitative estimate of drug-likeness (QED) is 0.871. The van der Waals surface area contributed by atoms with Gasteiger partial charge in [-0.2, -0.15) is 0 Å². The summed E-state index contributed by atoms with van der Waals surface area (Å²) in [5.74, 6) is 0.443. The molecule has 0 aliphatic heterocycles. The Morgan fingerprint density at radius 1 is 1.42 bits per heavy atom. The summed E-state index contributed by atoms with van der Waals surface area (Å²) in [6, 6.07) is 6.67. The molecule has 1 saturated carbocycles. The normalized spacial score (nSPS) is 15.9. The molecular formula is C15H21FN2O. The molecule has 0 radical (unpaired) electrons. The first kappa shape index (κ1) is 13.8. The maximum Gasteiger partial charge on any atom is 0.317 e. The van der Waals surface area contributed by atoms with E-state index in [9.17, 15) is 9.18 Å². The van der Waals surface area contributed by atoms with E-state index in [2.05, 4.69) is 12.2 Å². The van der Waals surface area contributed by atoms with Crippen molar-refractivity contribution in [1.29, 1.82) is 0 Å². The van der Waals surface area contributed by atoms with Gasteiger partial charge in [-0.3, -0.25) is 0 Å². The van der Waals surface area contributed by atoms with Gasteiger partial charge in [0.05, 0.1) is 0 Å². The first-order valence-corrected chi connectivity index (χ1v) is 6.83. The number of hydrogen-bond acceptors (Lipinski definition) is 1. The number of urea groups is 1. The second-order valence-electron chi connectivity index (χ2n) is 5.30. The van der Waals surface area contributed by atoms with Gasteiger partial charge in [0.15, 0.2) is 0 Å². The lowest BCUT2D eigenvalue weighted by molar-refractivity contribution is 0.188. The Bertz CT molecular complexity index is 428. The molecule has 0 saturated heterocycles. The van der Waals surface area contributed by atoms with Crippen molar-refractivity contribution in [1.82, 2.24) is 10.2 Å². The number of carbonyl (C=O) groups is 1. The maximum atomic E-state index is 12.7. The van der Waals surface area contributed by atoms with Crippen LogP contribution in [0, 0.1) is 11.7 Å². The van der Waals surface area contributed by atoms with Crippen molar-refractivity contribution in [2.75, 3.05) is 13.6 Å². The summed E-state index contributed by atoms with van der Waals surface area (Å²) in [5, 5.41) is 2.90. The summed E-state index contributed by atoms with van der Waals surface area (Å²) in [5.41, 5.74) is 1.03. The van der Waals surface area contributed by atoms with Gasteiger partial charge >= 0.3 is 6.03 Å². The lowest BCUT2D eigenvalue weighted by atomic mass is 10.1. The van der Waals surface area contributed by atoms with Gasteiger partial charge in [-0.25, -0.2) is 9.18 Å². The minimum atomic E-state index is -0.231. The zero-order valence-corrected chi connectivity index (χ0v) is 11.5. The molecule has 1 N–H and O–H groups in total. The zero-order chi connectivity index (χ0) is 13.8. The van der Waals surface area contributed by atoms with Gasteiger partial charge in [0.2, 0.25) is 0 Å². The van der Waals surface area contributed by atoms with Gasteiger partial charge in [0, 0.05) is 19.6 Å². The van der Waals surface area contributed by atoms with E-state index in [0.717, 1.165) is 12.0 Å². The molecule has 1 aliphatic rings. The highest BCUT2D eigenvalue weighted by atomic mass is 19.1. The van der Waals surface area contributed by atoms with Crippen molar-refractivity contribution in [3.05, 3.63) is 35.6 Å². The smallest absolute Gasteiger partial charge is 0.317 e. The second kappa shape index (κ2) is 6.04. The van der Waals surface area contributed by atoms with Crippen molar-refractivity contribution in [3.63, 3.8) is 0 Å². The van der Waals surface area contributed by atoms with E-state index >= 15 is 0 Å². The summed E-state index contributed by atoms with van der Waals surface area (Å²) < 4.78 is 12.7. The average molecular weight is 264 g/mol. The number of amides is 2. The molecule has 104 valence electrons. The molecule has 1 fully saturated rings. The van der Waals surface area contributed by atoms with Crippen LogP contribution in [0.5, 0.6) is 0 Å². The molecule has 0 aromatic heterocycles. The minimum Gasteiger partial charge on any atom is -0.338 e. The van der Waals surface area contributed by atoms with Crippen molar-refractivity contribution in [2.24, 2.45) is 5.92 Å². The third kappa shape index (κ3) is 3.94. The third-order valence-corrected chi connectivity index (χ3v) is 3.84. The summed E-state index contributed by atoms with van der Waals surface area (Å²) >= 11 is 0. The highest BCUT2D eigenvalue weighted by Crippen LogP contribution is 2.34. The van der Waals surface area contributed by atoms with Crippen molar-refractivity contribution >= 4 is 6.03 Å². The Hall–Kier alpha value is -1.58. The number of rotatable bonds is 5. The Morgan fingerprint density at radius 3 is 2.63 bits per heavy atom. The molecule has 4 heteroatoms. The fourth-order valence-corrected chi connectivity index (χ4v) is 2.17. The predicted molar refractivity (Wildman–Crippen MR) is 73.5 cm³/mol. The molecule has 1 aromatic rings. The van der Waals surface area contributed by atoms with Crippen molar-refractivity contribution in [2.45, 2.75) is 32.2 Å². The van der Waals surface area contributed by atoms with E-state index in [-0.39, 0.29) is 11.8 Å². The minimum absolute atomic E-state index is 0.0264. The number of nitrogens with one attached hydrogen (secondary N) is 1. The summed E-state index contributed by atoms with van der Waals surface area (Å²) in [6.07, 6.45) is 3.18. The van der Waals surface area contributed by atoms with Gasteiger partial charge in [0.25, 0.3) is 0 Å². The third-order valence-electron chi connectivity index (χ3n) is 3.84. The Labute approximate surface area is 113 Å². The van der Waals surface area contributed by atoms with Gasteiger partial charge in [-0.05, 0) is 49.8 Å². The number of nitrogens with zero attached hydrogens (tertiary/aromatic N) is 1. The Balaban J connectivity index is 1.72. The topological polar surface area (TPSA) is 32.3 Å². The molecule has 1 aromatic carbocycles. The number of halogens is 1. The van der Waals surface area contributed by atoms with E-state index < -0.39 is 0 Å². The van der Waals surface area contributed by atoms with E-state index in [0.29, 0.717) is 18.5 Å². The lowest BCUT2D eigenvalue weighted by Gasteiger charge is -2.25. The van der Waals surface area contributed by atoms with E-state index in [1.807, 2.05) is 7.05 Å². The summed E-state index contributed by atoms with van der Waals surface area (Å²) in [4.78, 5) is 13.7. The average Bonchev–Trinajstić information content (AvgIpc) is 3.23. The molecule has 0 spiro atoms. The van der Waals surface area contributed by atoms with Crippen LogP contribution >= 0.6 is 0 Å². The van der Waals surface area contributed by atoms with Crippen LogP contribution in [0.3, 0.4) is 0 Å². The monoisotopic (exact) mass is 264 g/mol. The van der Waals surface area contributed by atoms with Gasteiger partial charge < -0.3 is 10.2 Å². The standard InChI is InChI=1S/C15H21FN2O/c1-11(13-5-6-13)18(2)15(19)17-10-9-12-3-7-14(16)8-4-12/h3-4,7-8,11,13H,5-6,9-10H2,1-2H3,(H,17,19). The van der Waals surface area contributed by atoms with E-state index in [4.69, 9.17) is 0 Å². The molecule has 0 bridgehead atoms. The highest BCUT2D eigenvalue weighted by Gasteiger charge is 2.32. The molecule has 2 rings (SSSR count). The fraction of sp³-hybridized carbons (Fsp3) is 0.533. The van der Waals surface area contributed by atoms with Gasteiger partial charge in [0.1, 0.15) is 5.82 Å². The zero-order valence-electron chi connectivity index (χ0n) is 11.5. The van der Waals surface area contributed by atoms with Crippen LogP contribution in [-0.2, 0) is 6.42 Å². The Kier molecular flexibility index (Phi) is 4.40. The summed E-state index contributed by atoms with van der Waals surface area (Å²) in [7, 11) is 1.84. The van der Waals surface area contributed by atoms with Crippen LogP contribution in [0.4, 0.5) is 9.18 Å². The molecule has 19 heavy (non-hydrogen) atoms. The molecule has 1 unspecified atom stereocenters. The van der Waals surface area contributed by atoms with Crippen LogP contribution in [0.1, 0.15) is 25.3 Å². The van der Waals surface area contributed by atoms with Gasteiger partial charge in [-0.1, -0.05) is 12.1 Å². The predicted octanol–water partition coefficient (Wildman–Crippen LogP) is 2.81. The number of hydrogen-bond donors (Lipinski definition) is 1.